The summed E-state index contributed by atoms with van der Waals surface area (Å²) in [6, 6.07) is 5.64. The van der Waals surface area contributed by atoms with Gasteiger partial charge in [-0.3, -0.25) is 0 Å². The topological polar surface area (TPSA) is 32.5 Å². The molecule has 0 aliphatic carbocycles. The first-order valence-corrected chi connectivity index (χ1v) is 7.06. The highest BCUT2D eigenvalue weighted by Crippen LogP contribution is 2.28. The summed E-state index contributed by atoms with van der Waals surface area (Å²) in [4.78, 5) is 4.53. The number of para-hydroxylation sites is 1. The predicted molar refractivity (Wildman–Crippen MR) is 78.1 cm³/mol. The molecular formula is C15H24FN3. The molecule has 0 bridgehead atoms. The van der Waals surface area contributed by atoms with Gasteiger partial charge in [0.15, 0.2) is 0 Å². The summed E-state index contributed by atoms with van der Waals surface area (Å²) in [5.74, 6) is -0.123. The van der Waals surface area contributed by atoms with Crippen LogP contribution in [0.1, 0.15) is 18.9 Å². The lowest BCUT2D eigenvalue weighted by atomic mass is 10.1. The molecular weight excluding hydrogens is 241 g/mol. The first-order chi connectivity index (χ1) is 9.13. The fourth-order valence-corrected chi connectivity index (χ4v) is 2.94. The third-order valence-corrected chi connectivity index (χ3v) is 3.82. The first-order valence-electron chi connectivity index (χ1n) is 7.06. The lowest BCUT2D eigenvalue weighted by Gasteiger charge is -2.32. The van der Waals surface area contributed by atoms with Gasteiger partial charge >= 0.3 is 0 Å². The monoisotopic (exact) mass is 265 g/mol. The maximum Gasteiger partial charge on any atom is 0.146 e. The number of halogens is 1. The van der Waals surface area contributed by atoms with Crippen molar-refractivity contribution in [3.63, 3.8) is 0 Å². The summed E-state index contributed by atoms with van der Waals surface area (Å²) in [7, 11) is 2.13. The van der Waals surface area contributed by atoms with Crippen LogP contribution in [0.2, 0.25) is 0 Å². The molecule has 0 spiro atoms. The molecule has 1 fully saturated rings. The SMILES string of the molecule is CC1CN(C)CCCN1c1c(F)cccc1CCN. The smallest absolute Gasteiger partial charge is 0.146 e. The number of hydrogen-bond donors (Lipinski definition) is 1. The minimum absolute atomic E-state index is 0.123. The van der Waals surface area contributed by atoms with Crippen LogP contribution >= 0.6 is 0 Å². The lowest BCUT2D eigenvalue weighted by Crippen LogP contribution is -2.39. The van der Waals surface area contributed by atoms with Gasteiger partial charge in [-0.2, -0.15) is 0 Å². The summed E-state index contributed by atoms with van der Waals surface area (Å²) >= 11 is 0. The van der Waals surface area contributed by atoms with E-state index < -0.39 is 0 Å². The minimum atomic E-state index is -0.123. The van der Waals surface area contributed by atoms with Crippen LogP contribution in [0.4, 0.5) is 10.1 Å². The van der Waals surface area contributed by atoms with Crippen LogP contribution in [0.3, 0.4) is 0 Å². The standard InChI is InChI=1S/C15H24FN3/c1-12-11-18(2)9-4-10-19(12)15-13(7-8-17)5-3-6-14(15)16/h3,5-6,12H,4,7-11,17H2,1-2H3. The number of nitrogens with zero attached hydrogens (tertiary/aromatic N) is 2. The zero-order chi connectivity index (χ0) is 13.8. The maximum absolute atomic E-state index is 14.3. The molecule has 1 unspecified atom stereocenters. The second-order valence-corrected chi connectivity index (χ2v) is 5.44. The largest absolute Gasteiger partial charge is 0.365 e. The Hall–Kier alpha value is -1.13. The molecule has 1 atom stereocenters. The van der Waals surface area contributed by atoms with E-state index in [1.54, 1.807) is 12.1 Å². The quantitative estimate of drug-likeness (QED) is 0.905. The molecule has 1 aromatic carbocycles. The average Bonchev–Trinajstić information content (AvgIpc) is 2.51. The van der Waals surface area contributed by atoms with Gasteiger partial charge in [-0.1, -0.05) is 12.1 Å². The fourth-order valence-electron chi connectivity index (χ4n) is 2.94. The van der Waals surface area contributed by atoms with Gasteiger partial charge in [-0.05, 0) is 51.5 Å². The molecule has 1 aliphatic rings. The van der Waals surface area contributed by atoms with Crippen molar-refractivity contribution in [2.45, 2.75) is 25.8 Å². The Morgan fingerprint density at radius 1 is 1.37 bits per heavy atom. The highest BCUT2D eigenvalue weighted by Gasteiger charge is 2.24. The molecule has 1 aliphatic heterocycles. The van der Waals surface area contributed by atoms with Crippen molar-refractivity contribution in [3.8, 4) is 0 Å². The van der Waals surface area contributed by atoms with Crippen molar-refractivity contribution in [2.24, 2.45) is 5.73 Å². The predicted octanol–water partition coefficient (Wildman–Crippen LogP) is 1.86. The molecule has 2 N–H and O–H groups in total. The minimum Gasteiger partial charge on any atom is -0.365 e. The van der Waals surface area contributed by atoms with Crippen LogP contribution in [0, 0.1) is 5.82 Å². The number of hydrogen-bond acceptors (Lipinski definition) is 3. The van der Waals surface area contributed by atoms with E-state index in [0.29, 0.717) is 12.6 Å². The maximum atomic E-state index is 14.3. The average molecular weight is 265 g/mol. The molecule has 1 heterocycles. The molecule has 1 aromatic rings. The molecule has 2 rings (SSSR count). The summed E-state index contributed by atoms with van der Waals surface area (Å²) in [5.41, 5.74) is 7.43. The van der Waals surface area contributed by atoms with Crippen LogP contribution in [-0.4, -0.2) is 44.2 Å². The zero-order valence-corrected chi connectivity index (χ0v) is 11.9. The molecule has 0 amide bonds. The van der Waals surface area contributed by atoms with Gasteiger partial charge in [0.25, 0.3) is 0 Å². The van der Waals surface area contributed by atoms with E-state index in [2.05, 4.69) is 23.8 Å². The molecule has 106 valence electrons. The van der Waals surface area contributed by atoms with Gasteiger partial charge in [0, 0.05) is 19.1 Å². The summed E-state index contributed by atoms with van der Waals surface area (Å²) in [6.07, 6.45) is 1.80. The van der Waals surface area contributed by atoms with Crippen molar-refractivity contribution in [1.82, 2.24) is 4.90 Å². The molecule has 0 radical (unpaired) electrons. The number of anilines is 1. The lowest BCUT2D eigenvalue weighted by molar-refractivity contribution is 0.337. The molecule has 1 saturated heterocycles. The van der Waals surface area contributed by atoms with Gasteiger partial charge < -0.3 is 15.5 Å². The number of likely N-dealkylation sites (N-methyl/N-ethyl adjacent to an activating group) is 1. The van der Waals surface area contributed by atoms with Crippen LogP contribution in [0.25, 0.3) is 0 Å². The Morgan fingerprint density at radius 2 is 2.16 bits per heavy atom. The fraction of sp³-hybridized carbons (Fsp3) is 0.600. The van der Waals surface area contributed by atoms with E-state index in [0.717, 1.165) is 43.7 Å². The normalized spacial score (nSPS) is 21.5. The van der Waals surface area contributed by atoms with E-state index in [9.17, 15) is 4.39 Å². The third-order valence-electron chi connectivity index (χ3n) is 3.82. The molecule has 3 nitrogen and oxygen atoms in total. The van der Waals surface area contributed by atoms with E-state index in [1.807, 2.05) is 6.07 Å². The van der Waals surface area contributed by atoms with Gasteiger partial charge in [0.2, 0.25) is 0 Å². The van der Waals surface area contributed by atoms with E-state index >= 15 is 0 Å². The summed E-state index contributed by atoms with van der Waals surface area (Å²) in [6.45, 7) is 5.67. The Balaban J connectivity index is 2.33. The number of rotatable bonds is 3. The second kappa shape index (κ2) is 6.35. The van der Waals surface area contributed by atoms with Crippen molar-refractivity contribution >= 4 is 5.69 Å². The molecule has 19 heavy (non-hydrogen) atoms. The number of benzene rings is 1. The van der Waals surface area contributed by atoms with Crippen molar-refractivity contribution in [2.75, 3.05) is 38.1 Å². The van der Waals surface area contributed by atoms with E-state index in [4.69, 9.17) is 5.73 Å². The van der Waals surface area contributed by atoms with E-state index in [1.165, 1.54) is 0 Å². The Labute approximate surface area is 115 Å². The molecule has 0 saturated carbocycles. The van der Waals surface area contributed by atoms with Crippen molar-refractivity contribution in [1.29, 1.82) is 0 Å². The third kappa shape index (κ3) is 3.25. The Kier molecular flexibility index (Phi) is 4.77. The van der Waals surface area contributed by atoms with Gasteiger partial charge in [-0.15, -0.1) is 0 Å². The van der Waals surface area contributed by atoms with Crippen molar-refractivity contribution in [3.05, 3.63) is 29.6 Å². The van der Waals surface area contributed by atoms with Crippen LogP contribution in [0.5, 0.6) is 0 Å². The van der Waals surface area contributed by atoms with Crippen molar-refractivity contribution < 1.29 is 4.39 Å². The first kappa shape index (κ1) is 14.3. The highest BCUT2D eigenvalue weighted by atomic mass is 19.1. The zero-order valence-electron chi connectivity index (χ0n) is 11.9. The van der Waals surface area contributed by atoms with Crippen LogP contribution in [-0.2, 0) is 6.42 Å². The van der Waals surface area contributed by atoms with Gasteiger partial charge in [0.1, 0.15) is 5.82 Å². The van der Waals surface area contributed by atoms with Gasteiger partial charge in [0.05, 0.1) is 5.69 Å². The van der Waals surface area contributed by atoms with Gasteiger partial charge in [-0.25, -0.2) is 4.39 Å². The highest BCUT2D eigenvalue weighted by molar-refractivity contribution is 5.56. The summed E-state index contributed by atoms with van der Waals surface area (Å²) < 4.78 is 14.3. The summed E-state index contributed by atoms with van der Waals surface area (Å²) in [5, 5.41) is 0. The van der Waals surface area contributed by atoms with E-state index in [-0.39, 0.29) is 5.82 Å². The van der Waals surface area contributed by atoms with Crippen LogP contribution < -0.4 is 10.6 Å². The second-order valence-electron chi connectivity index (χ2n) is 5.44. The Morgan fingerprint density at radius 3 is 2.89 bits per heavy atom. The molecule has 0 aromatic heterocycles. The Bertz CT molecular complexity index is 422. The molecule has 4 heteroatoms. The number of nitrogens with two attached hydrogens (primary N) is 1. The van der Waals surface area contributed by atoms with Crippen LogP contribution in [0.15, 0.2) is 18.2 Å².